The molecule has 6 nitrogen and oxygen atoms in total. The summed E-state index contributed by atoms with van der Waals surface area (Å²) in [5.74, 6) is -0.355. The lowest BCUT2D eigenvalue weighted by Gasteiger charge is -2.24. The molecule has 1 aliphatic heterocycles. The number of fused-ring (bicyclic) bond motifs is 1. The van der Waals surface area contributed by atoms with Crippen molar-refractivity contribution in [2.75, 3.05) is 6.61 Å². The molecule has 0 N–H and O–H groups in total. The van der Waals surface area contributed by atoms with Gasteiger partial charge in [-0.25, -0.2) is 14.2 Å². The molecule has 4 aromatic rings. The number of hydrogen-bond donors (Lipinski definition) is 0. The first kappa shape index (κ1) is 26.8. The van der Waals surface area contributed by atoms with E-state index in [1.165, 1.54) is 17.4 Å². The number of carbonyl (C=O) groups is 1. The fraction of sp³-hybridized carbons (Fsp3) is 0.167. The van der Waals surface area contributed by atoms with Crippen LogP contribution in [0.25, 0.3) is 6.08 Å². The van der Waals surface area contributed by atoms with E-state index in [2.05, 4.69) is 20.9 Å². The van der Waals surface area contributed by atoms with Gasteiger partial charge in [0.2, 0.25) is 0 Å². The molecule has 5 rings (SSSR count). The summed E-state index contributed by atoms with van der Waals surface area (Å²) in [7, 11) is 0. The zero-order valence-electron chi connectivity index (χ0n) is 21.2. The van der Waals surface area contributed by atoms with Crippen LogP contribution in [0.4, 0.5) is 4.39 Å². The fourth-order valence-corrected chi connectivity index (χ4v) is 5.83. The topological polar surface area (TPSA) is 69.9 Å². The van der Waals surface area contributed by atoms with Gasteiger partial charge in [0.25, 0.3) is 5.56 Å². The standard InChI is InChI=1S/C30H24BrFN2O4S/c1-3-37-29(36)26-18(2)33-30-34(27(26)19-9-5-4-6-10-19)28(35)25(39-30)16-21-15-22(31)13-14-24(21)38-17-20-11-7-8-12-23(20)32/h4-16,27H,3,17H2,1-2H3/b25-16+/t27-/m1/s1. The molecule has 9 heteroatoms. The molecule has 2 heterocycles. The molecule has 0 spiro atoms. The normalized spacial score (nSPS) is 15.1. The molecular formula is C30H24BrFN2O4S. The molecule has 1 atom stereocenters. The van der Waals surface area contributed by atoms with Crippen molar-refractivity contribution in [1.29, 1.82) is 0 Å². The van der Waals surface area contributed by atoms with Gasteiger partial charge in [0, 0.05) is 15.6 Å². The van der Waals surface area contributed by atoms with Crippen molar-refractivity contribution in [3.8, 4) is 5.75 Å². The number of carbonyl (C=O) groups excluding carboxylic acids is 1. The Kier molecular flexibility index (Phi) is 7.90. The van der Waals surface area contributed by atoms with Crippen molar-refractivity contribution in [3.05, 3.63) is 131 Å². The summed E-state index contributed by atoms with van der Waals surface area (Å²) in [4.78, 5) is 32.0. The highest BCUT2D eigenvalue weighted by Crippen LogP contribution is 2.31. The summed E-state index contributed by atoms with van der Waals surface area (Å²) in [6.07, 6.45) is 1.73. The zero-order valence-corrected chi connectivity index (χ0v) is 23.6. The lowest BCUT2D eigenvalue weighted by Crippen LogP contribution is -2.39. The Balaban J connectivity index is 1.62. The van der Waals surface area contributed by atoms with Gasteiger partial charge in [-0.15, -0.1) is 0 Å². The molecule has 0 saturated carbocycles. The largest absolute Gasteiger partial charge is 0.488 e. The number of allylic oxidation sites excluding steroid dienone is 1. The molecule has 0 unspecified atom stereocenters. The molecule has 0 saturated heterocycles. The fourth-order valence-electron chi connectivity index (χ4n) is 4.42. The molecule has 0 radical (unpaired) electrons. The third kappa shape index (κ3) is 5.51. The highest BCUT2D eigenvalue weighted by atomic mass is 79.9. The second-order valence-corrected chi connectivity index (χ2v) is 10.7. The minimum atomic E-state index is -0.678. The summed E-state index contributed by atoms with van der Waals surface area (Å²) in [6, 6.07) is 20.5. The summed E-state index contributed by atoms with van der Waals surface area (Å²) >= 11 is 4.72. The summed E-state index contributed by atoms with van der Waals surface area (Å²) in [5.41, 5.74) is 2.39. The SMILES string of the molecule is CCOC(=O)C1=C(C)N=c2s/c(=C/c3cc(Br)ccc3OCc3ccccc3F)c(=O)n2[C@@H]1c1ccccc1. The number of ether oxygens (including phenoxy) is 2. The number of esters is 1. The molecular weight excluding hydrogens is 583 g/mol. The Morgan fingerprint density at radius 2 is 1.87 bits per heavy atom. The number of halogens is 2. The molecule has 1 aromatic heterocycles. The Hall–Kier alpha value is -3.82. The quantitative estimate of drug-likeness (QED) is 0.268. The van der Waals surface area contributed by atoms with Gasteiger partial charge in [-0.2, -0.15) is 0 Å². The van der Waals surface area contributed by atoms with Crippen molar-refractivity contribution >= 4 is 39.3 Å². The molecule has 39 heavy (non-hydrogen) atoms. The van der Waals surface area contributed by atoms with Gasteiger partial charge in [0.15, 0.2) is 4.80 Å². The number of thiazole rings is 1. The van der Waals surface area contributed by atoms with Crippen molar-refractivity contribution in [2.45, 2.75) is 26.5 Å². The van der Waals surface area contributed by atoms with E-state index < -0.39 is 12.0 Å². The first-order valence-electron chi connectivity index (χ1n) is 12.3. The molecule has 0 bridgehead atoms. The number of aromatic nitrogens is 1. The molecule has 0 aliphatic carbocycles. The number of nitrogens with zero attached hydrogens (tertiary/aromatic N) is 2. The second kappa shape index (κ2) is 11.5. The van der Waals surface area contributed by atoms with E-state index in [0.717, 1.165) is 10.0 Å². The Morgan fingerprint density at radius 1 is 1.13 bits per heavy atom. The maximum atomic E-state index is 14.1. The van der Waals surface area contributed by atoms with Crippen molar-refractivity contribution in [1.82, 2.24) is 4.57 Å². The highest BCUT2D eigenvalue weighted by molar-refractivity contribution is 9.10. The maximum Gasteiger partial charge on any atom is 0.338 e. The third-order valence-electron chi connectivity index (χ3n) is 6.23. The average molecular weight is 608 g/mol. The Morgan fingerprint density at radius 3 is 2.62 bits per heavy atom. The highest BCUT2D eigenvalue weighted by Gasteiger charge is 2.33. The van der Waals surface area contributed by atoms with E-state index in [1.54, 1.807) is 48.8 Å². The number of hydrogen-bond acceptors (Lipinski definition) is 6. The first-order chi connectivity index (χ1) is 18.9. The van der Waals surface area contributed by atoms with E-state index in [1.807, 2.05) is 42.5 Å². The van der Waals surface area contributed by atoms with Gasteiger partial charge in [-0.3, -0.25) is 9.36 Å². The summed E-state index contributed by atoms with van der Waals surface area (Å²) in [6.45, 7) is 3.74. The first-order valence-corrected chi connectivity index (χ1v) is 13.9. The van der Waals surface area contributed by atoms with Gasteiger partial charge < -0.3 is 9.47 Å². The van der Waals surface area contributed by atoms with Gasteiger partial charge in [-0.05, 0) is 49.8 Å². The zero-order chi connectivity index (χ0) is 27.5. The monoisotopic (exact) mass is 606 g/mol. The molecule has 3 aromatic carbocycles. The van der Waals surface area contributed by atoms with E-state index >= 15 is 0 Å². The predicted octanol–water partition coefficient (Wildman–Crippen LogP) is 5.28. The maximum absolute atomic E-state index is 14.1. The minimum Gasteiger partial charge on any atom is -0.488 e. The van der Waals surface area contributed by atoms with Crippen LogP contribution < -0.4 is 19.6 Å². The predicted molar refractivity (Wildman–Crippen MR) is 152 cm³/mol. The van der Waals surface area contributed by atoms with E-state index in [4.69, 9.17) is 9.47 Å². The second-order valence-electron chi connectivity index (χ2n) is 8.78. The summed E-state index contributed by atoms with van der Waals surface area (Å²) in [5, 5.41) is 0. The van der Waals surface area contributed by atoms with Crippen molar-refractivity contribution < 1.29 is 18.7 Å². The Labute approximate surface area is 236 Å². The molecule has 198 valence electrons. The molecule has 0 amide bonds. The van der Waals surface area contributed by atoms with Gasteiger partial charge >= 0.3 is 5.97 Å². The average Bonchev–Trinajstić information content (AvgIpc) is 3.23. The van der Waals surface area contributed by atoms with Gasteiger partial charge in [-0.1, -0.05) is 75.8 Å². The lowest BCUT2D eigenvalue weighted by molar-refractivity contribution is -0.139. The lowest BCUT2D eigenvalue weighted by atomic mass is 9.96. The smallest absolute Gasteiger partial charge is 0.338 e. The number of rotatable bonds is 7. The van der Waals surface area contributed by atoms with Gasteiger partial charge in [0.1, 0.15) is 18.2 Å². The van der Waals surface area contributed by atoms with Gasteiger partial charge in [0.05, 0.1) is 28.5 Å². The van der Waals surface area contributed by atoms with Crippen LogP contribution in [0.15, 0.2) is 98.3 Å². The van der Waals surface area contributed by atoms with Crippen LogP contribution in [0, 0.1) is 5.82 Å². The van der Waals surface area contributed by atoms with Crippen LogP contribution in [0.5, 0.6) is 5.75 Å². The van der Waals surface area contributed by atoms with Crippen LogP contribution in [-0.2, 0) is 16.1 Å². The van der Waals surface area contributed by atoms with Crippen LogP contribution in [0.2, 0.25) is 0 Å². The van der Waals surface area contributed by atoms with Crippen LogP contribution in [0.3, 0.4) is 0 Å². The Bertz CT molecular complexity index is 1760. The molecule has 1 aliphatic rings. The van der Waals surface area contributed by atoms with E-state index in [0.29, 0.717) is 37.5 Å². The minimum absolute atomic E-state index is 0.0342. The summed E-state index contributed by atoms with van der Waals surface area (Å²) < 4.78 is 28.2. The third-order valence-corrected chi connectivity index (χ3v) is 7.71. The van der Waals surface area contributed by atoms with Crippen LogP contribution >= 0.6 is 27.3 Å². The van der Waals surface area contributed by atoms with Crippen LogP contribution in [-0.4, -0.2) is 17.1 Å². The van der Waals surface area contributed by atoms with Crippen molar-refractivity contribution in [3.63, 3.8) is 0 Å². The van der Waals surface area contributed by atoms with E-state index in [9.17, 15) is 14.0 Å². The molecule has 0 fully saturated rings. The number of benzene rings is 3. The van der Waals surface area contributed by atoms with Crippen molar-refractivity contribution in [2.24, 2.45) is 4.99 Å². The van der Waals surface area contributed by atoms with Crippen LogP contribution in [0.1, 0.15) is 36.6 Å². The van der Waals surface area contributed by atoms with E-state index in [-0.39, 0.29) is 24.6 Å².